The lowest BCUT2D eigenvalue weighted by Gasteiger charge is -2.22. The van der Waals surface area contributed by atoms with Crippen LogP contribution < -0.4 is 5.32 Å². The van der Waals surface area contributed by atoms with Gasteiger partial charge in [-0.15, -0.1) is 0 Å². The predicted molar refractivity (Wildman–Crippen MR) is 72.7 cm³/mol. The second-order valence-electron chi connectivity index (χ2n) is 5.50. The minimum atomic E-state index is 0.0348. The third-order valence-electron chi connectivity index (χ3n) is 2.74. The largest absolute Gasteiger partial charge is 0.388 e. The lowest BCUT2D eigenvalue weighted by molar-refractivity contribution is 0.0827. The van der Waals surface area contributed by atoms with E-state index in [0.29, 0.717) is 0 Å². The standard InChI is InChI=1S/C14H22N2O/c1-14(2,3)11-7-10(13(17)16(5)6)8-12(9-11)15-4/h7-9,15H,1-6H3. The molecule has 1 N–H and O–H groups in total. The van der Waals surface area contributed by atoms with Crippen molar-refractivity contribution in [1.82, 2.24) is 4.90 Å². The van der Waals surface area contributed by atoms with Gasteiger partial charge < -0.3 is 10.2 Å². The Morgan fingerprint density at radius 2 is 1.76 bits per heavy atom. The summed E-state index contributed by atoms with van der Waals surface area (Å²) in [6.07, 6.45) is 0. The van der Waals surface area contributed by atoms with Crippen molar-refractivity contribution < 1.29 is 4.79 Å². The fourth-order valence-electron chi connectivity index (χ4n) is 1.59. The Balaban J connectivity index is 3.28. The van der Waals surface area contributed by atoms with Crippen LogP contribution in [0.25, 0.3) is 0 Å². The van der Waals surface area contributed by atoms with E-state index in [1.54, 1.807) is 19.0 Å². The number of rotatable bonds is 2. The van der Waals surface area contributed by atoms with Gasteiger partial charge in [0.05, 0.1) is 0 Å². The summed E-state index contributed by atoms with van der Waals surface area (Å²) in [4.78, 5) is 13.6. The number of benzene rings is 1. The molecular weight excluding hydrogens is 212 g/mol. The molecule has 0 aliphatic carbocycles. The summed E-state index contributed by atoms with van der Waals surface area (Å²) in [6.45, 7) is 6.43. The number of carbonyl (C=O) groups excluding carboxylic acids is 1. The molecule has 1 rings (SSSR count). The normalized spacial score (nSPS) is 11.2. The van der Waals surface area contributed by atoms with E-state index in [0.717, 1.165) is 16.8 Å². The molecule has 0 atom stereocenters. The van der Waals surface area contributed by atoms with Crippen LogP contribution in [-0.4, -0.2) is 32.0 Å². The van der Waals surface area contributed by atoms with Crippen molar-refractivity contribution in [2.45, 2.75) is 26.2 Å². The van der Waals surface area contributed by atoms with Crippen LogP contribution in [-0.2, 0) is 5.41 Å². The number of hydrogen-bond acceptors (Lipinski definition) is 2. The van der Waals surface area contributed by atoms with Crippen LogP contribution in [0.5, 0.6) is 0 Å². The topological polar surface area (TPSA) is 32.3 Å². The van der Waals surface area contributed by atoms with Crippen molar-refractivity contribution in [3.63, 3.8) is 0 Å². The van der Waals surface area contributed by atoms with E-state index in [2.05, 4.69) is 32.2 Å². The van der Waals surface area contributed by atoms with Crippen LogP contribution in [0.2, 0.25) is 0 Å². The summed E-state index contributed by atoms with van der Waals surface area (Å²) >= 11 is 0. The molecule has 0 heterocycles. The number of carbonyl (C=O) groups is 1. The Morgan fingerprint density at radius 3 is 2.18 bits per heavy atom. The molecule has 1 amide bonds. The quantitative estimate of drug-likeness (QED) is 0.853. The first-order chi connectivity index (χ1) is 7.75. The summed E-state index contributed by atoms with van der Waals surface area (Å²) in [5.41, 5.74) is 2.90. The SMILES string of the molecule is CNc1cc(C(=O)N(C)C)cc(C(C)(C)C)c1. The molecule has 0 fully saturated rings. The number of nitrogens with one attached hydrogen (secondary N) is 1. The van der Waals surface area contributed by atoms with Gasteiger partial charge in [0.15, 0.2) is 0 Å². The first-order valence-electron chi connectivity index (χ1n) is 5.80. The lowest BCUT2D eigenvalue weighted by Crippen LogP contribution is -2.23. The van der Waals surface area contributed by atoms with Crippen molar-refractivity contribution in [3.05, 3.63) is 29.3 Å². The molecule has 0 saturated carbocycles. The van der Waals surface area contributed by atoms with Gasteiger partial charge in [0.25, 0.3) is 5.91 Å². The minimum absolute atomic E-state index is 0.0348. The minimum Gasteiger partial charge on any atom is -0.388 e. The van der Waals surface area contributed by atoms with E-state index in [9.17, 15) is 4.79 Å². The third-order valence-corrected chi connectivity index (χ3v) is 2.74. The maximum Gasteiger partial charge on any atom is 0.253 e. The predicted octanol–water partition coefficient (Wildman–Crippen LogP) is 2.73. The molecule has 0 saturated heterocycles. The second kappa shape index (κ2) is 4.78. The van der Waals surface area contributed by atoms with Crippen molar-refractivity contribution >= 4 is 11.6 Å². The van der Waals surface area contributed by atoms with Crippen LogP contribution in [0.3, 0.4) is 0 Å². The van der Waals surface area contributed by atoms with Gasteiger partial charge in [0, 0.05) is 32.4 Å². The summed E-state index contributed by atoms with van der Waals surface area (Å²) in [5, 5.41) is 3.10. The van der Waals surface area contributed by atoms with Crippen LogP contribution in [0.15, 0.2) is 18.2 Å². The van der Waals surface area contributed by atoms with Crippen LogP contribution >= 0.6 is 0 Å². The molecule has 1 aromatic carbocycles. The maximum absolute atomic E-state index is 12.0. The lowest BCUT2D eigenvalue weighted by atomic mass is 9.85. The Labute approximate surface area is 104 Å². The fourth-order valence-corrected chi connectivity index (χ4v) is 1.59. The molecular formula is C14H22N2O. The van der Waals surface area contributed by atoms with E-state index < -0.39 is 0 Å². The molecule has 3 heteroatoms. The van der Waals surface area contributed by atoms with Gasteiger partial charge in [-0.05, 0) is 29.2 Å². The van der Waals surface area contributed by atoms with Crippen LogP contribution in [0.4, 0.5) is 5.69 Å². The summed E-state index contributed by atoms with van der Waals surface area (Å²) in [5.74, 6) is 0.0348. The number of anilines is 1. The zero-order valence-corrected chi connectivity index (χ0v) is 11.6. The molecule has 0 aliphatic heterocycles. The van der Waals surface area contributed by atoms with E-state index in [4.69, 9.17) is 0 Å². The van der Waals surface area contributed by atoms with Crippen molar-refractivity contribution in [3.8, 4) is 0 Å². The van der Waals surface area contributed by atoms with Gasteiger partial charge in [-0.25, -0.2) is 0 Å². The highest BCUT2D eigenvalue weighted by atomic mass is 16.2. The Kier molecular flexibility index (Phi) is 3.81. The molecule has 0 radical (unpaired) electrons. The molecule has 0 bridgehead atoms. The molecule has 0 unspecified atom stereocenters. The van der Waals surface area contributed by atoms with Gasteiger partial charge in [0.2, 0.25) is 0 Å². The monoisotopic (exact) mass is 234 g/mol. The molecule has 17 heavy (non-hydrogen) atoms. The molecule has 0 aliphatic rings. The number of hydrogen-bond donors (Lipinski definition) is 1. The highest BCUT2D eigenvalue weighted by molar-refractivity contribution is 5.95. The van der Waals surface area contributed by atoms with E-state index >= 15 is 0 Å². The number of nitrogens with zero attached hydrogens (tertiary/aromatic N) is 1. The third kappa shape index (κ3) is 3.22. The van der Waals surface area contributed by atoms with E-state index in [1.807, 2.05) is 19.2 Å². The number of amides is 1. The Hall–Kier alpha value is -1.51. The summed E-state index contributed by atoms with van der Waals surface area (Å²) in [7, 11) is 5.40. The molecule has 94 valence electrons. The fraction of sp³-hybridized carbons (Fsp3) is 0.500. The average Bonchev–Trinajstić information content (AvgIpc) is 2.26. The molecule has 1 aromatic rings. The second-order valence-corrected chi connectivity index (χ2v) is 5.50. The zero-order chi connectivity index (χ0) is 13.2. The Morgan fingerprint density at radius 1 is 1.18 bits per heavy atom. The van der Waals surface area contributed by atoms with Gasteiger partial charge in [-0.3, -0.25) is 4.79 Å². The molecule has 0 aromatic heterocycles. The molecule has 0 spiro atoms. The smallest absolute Gasteiger partial charge is 0.253 e. The average molecular weight is 234 g/mol. The zero-order valence-electron chi connectivity index (χ0n) is 11.6. The highest BCUT2D eigenvalue weighted by Crippen LogP contribution is 2.26. The first kappa shape index (κ1) is 13.6. The van der Waals surface area contributed by atoms with Crippen LogP contribution in [0, 0.1) is 0 Å². The maximum atomic E-state index is 12.0. The van der Waals surface area contributed by atoms with Gasteiger partial charge in [0.1, 0.15) is 0 Å². The Bertz CT molecular complexity index is 417. The van der Waals surface area contributed by atoms with Crippen molar-refractivity contribution in [2.24, 2.45) is 0 Å². The van der Waals surface area contributed by atoms with Gasteiger partial charge >= 0.3 is 0 Å². The summed E-state index contributed by atoms with van der Waals surface area (Å²) < 4.78 is 0. The molecule has 3 nitrogen and oxygen atoms in total. The van der Waals surface area contributed by atoms with Gasteiger partial charge in [-0.1, -0.05) is 20.8 Å². The van der Waals surface area contributed by atoms with E-state index in [-0.39, 0.29) is 11.3 Å². The van der Waals surface area contributed by atoms with Crippen molar-refractivity contribution in [2.75, 3.05) is 26.5 Å². The van der Waals surface area contributed by atoms with Crippen LogP contribution in [0.1, 0.15) is 36.7 Å². The van der Waals surface area contributed by atoms with Gasteiger partial charge in [-0.2, -0.15) is 0 Å². The van der Waals surface area contributed by atoms with E-state index in [1.165, 1.54) is 0 Å². The van der Waals surface area contributed by atoms with Crippen molar-refractivity contribution in [1.29, 1.82) is 0 Å². The first-order valence-corrected chi connectivity index (χ1v) is 5.80. The highest BCUT2D eigenvalue weighted by Gasteiger charge is 2.18. The summed E-state index contributed by atoms with van der Waals surface area (Å²) in [6, 6.07) is 5.95.